The van der Waals surface area contributed by atoms with Gasteiger partial charge in [0.15, 0.2) is 0 Å². The van der Waals surface area contributed by atoms with Gasteiger partial charge in [0.25, 0.3) is 0 Å². The first-order valence-corrected chi connectivity index (χ1v) is 0. The molecule has 0 aromatic rings. The molecule has 0 heterocycles. The molecule has 33 valence electrons. The van der Waals surface area contributed by atoms with Crippen molar-refractivity contribution in [3.63, 3.8) is 0 Å². The van der Waals surface area contributed by atoms with Gasteiger partial charge in [-0.3, -0.25) is 0 Å². The van der Waals surface area contributed by atoms with Crippen molar-refractivity contribution >= 4 is 0 Å². The van der Waals surface area contributed by atoms with Crippen LogP contribution in [0.5, 0.6) is 0 Å². The van der Waals surface area contributed by atoms with Crippen molar-refractivity contribution in [2.24, 2.45) is 0 Å². The van der Waals surface area contributed by atoms with Gasteiger partial charge in [-0.2, -0.15) is 0 Å². The molecule has 1 nitrogen and oxygen atoms in total. The van der Waals surface area contributed by atoms with Crippen molar-refractivity contribution < 1.29 is 47.4 Å². The first-order valence-electron chi connectivity index (χ1n) is 0. The zero-order valence-electron chi connectivity index (χ0n) is 1.50. The third-order valence-corrected chi connectivity index (χ3v) is 0. The molecule has 4 heavy (non-hydrogen) atoms. The van der Waals surface area contributed by atoms with Crippen molar-refractivity contribution in [1.82, 2.24) is 0 Å². The van der Waals surface area contributed by atoms with Gasteiger partial charge in [0.2, 0.25) is 0 Å². The number of hydrogen-bond acceptors (Lipinski definition) is 1. The van der Waals surface area contributed by atoms with Gasteiger partial charge in [-0.1, -0.05) is 0 Å². The fourth-order valence-corrected chi connectivity index (χ4v) is 0. The van der Waals surface area contributed by atoms with Crippen LogP contribution in [0.25, 0.3) is 0 Å². The topological polar surface area (TPSA) is 30.0 Å². The maximum atomic E-state index is 0. The minimum atomic E-state index is 0. The Morgan fingerprint density at radius 1 is 0.750 bits per heavy atom. The normalized spacial score (nSPS) is 0. The van der Waals surface area contributed by atoms with Gasteiger partial charge >= 0.3 is 17.1 Å². The molecule has 0 atom stereocenters. The Morgan fingerprint density at radius 3 is 0.750 bits per heavy atom. The number of rotatable bonds is 0. The van der Waals surface area contributed by atoms with Crippen LogP contribution in [0.1, 0.15) is 0 Å². The fourth-order valence-electron chi connectivity index (χ4n) is 0. The molecule has 0 fully saturated rings. The van der Waals surface area contributed by atoms with Crippen molar-refractivity contribution in [3.05, 3.63) is 0 Å². The van der Waals surface area contributed by atoms with Crippen LogP contribution in [-0.2, 0) is 17.1 Å². The molecule has 0 aromatic carbocycles. The van der Waals surface area contributed by atoms with E-state index in [4.69, 9.17) is 0 Å². The SMILES string of the molecule is [Cl-].[Cl-].[Cu+2].[OH-]. The summed E-state index contributed by atoms with van der Waals surface area (Å²) in [6, 6.07) is 0. The largest absolute Gasteiger partial charge is 2.00 e. The van der Waals surface area contributed by atoms with Crippen LogP contribution >= 0.6 is 0 Å². The Balaban J connectivity index is 0. The van der Waals surface area contributed by atoms with Gasteiger partial charge in [-0.15, -0.1) is 0 Å². The van der Waals surface area contributed by atoms with E-state index < -0.39 is 0 Å². The molecule has 0 spiro atoms. The van der Waals surface area contributed by atoms with E-state index in [1.165, 1.54) is 0 Å². The minimum absolute atomic E-state index is 0. The molecule has 0 amide bonds. The average Bonchev–Trinajstić information content (AvgIpc) is 0. The second-order valence-corrected chi connectivity index (χ2v) is 0. The maximum absolute atomic E-state index is 0. The smallest absolute Gasteiger partial charge is 1.00 e. The molecule has 0 aliphatic heterocycles. The molecule has 0 saturated heterocycles. The standard InChI is InChI=1S/2ClH.Cu.H2O/h2*1H;;1H2/q;;+2;/p-3. The summed E-state index contributed by atoms with van der Waals surface area (Å²) in [5, 5.41) is 0. The van der Waals surface area contributed by atoms with E-state index in [0.717, 1.165) is 0 Å². The average molecular weight is 151 g/mol. The molecule has 0 aliphatic rings. The van der Waals surface area contributed by atoms with Gasteiger partial charge < -0.3 is 30.3 Å². The molecule has 4 heteroatoms. The van der Waals surface area contributed by atoms with Crippen LogP contribution < -0.4 is 24.8 Å². The summed E-state index contributed by atoms with van der Waals surface area (Å²) in [6.07, 6.45) is 0. The van der Waals surface area contributed by atoms with Gasteiger partial charge in [0.05, 0.1) is 0 Å². The van der Waals surface area contributed by atoms with Crippen LogP contribution in [0, 0.1) is 0 Å². The summed E-state index contributed by atoms with van der Waals surface area (Å²) in [4.78, 5) is 0. The number of hydrogen-bond donors (Lipinski definition) is 0. The van der Waals surface area contributed by atoms with Gasteiger partial charge in [-0.05, 0) is 0 Å². The Bertz CT molecular complexity index is 6.00. The minimum Gasteiger partial charge on any atom is -1.00 e. The third kappa shape index (κ3) is 11.6. The van der Waals surface area contributed by atoms with Crippen molar-refractivity contribution in [2.45, 2.75) is 0 Å². The predicted molar refractivity (Wildman–Crippen MR) is 1.94 cm³/mol. The molecule has 0 unspecified atom stereocenters. The Labute approximate surface area is 47.8 Å². The van der Waals surface area contributed by atoms with E-state index in [1.54, 1.807) is 0 Å². The van der Waals surface area contributed by atoms with E-state index in [0.29, 0.717) is 0 Å². The van der Waals surface area contributed by atoms with E-state index >= 15 is 0 Å². The Kier molecular flexibility index (Phi) is 629. The van der Waals surface area contributed by atoms with Gasteiger partial charge in [-0.25, -0.2) is 0 Å². The van der Waals surface area contributed by atoms with Crippen LogP contribution in [0.4, 0.5) is 0 Å². The maximum Gasteiger partial charge on any atom is 2.00 e. The second kappa shape index (κ2) is 33.9. The van der Waals surface area contributed by atoms with Gasteiger partial charge in [0.1, 0.15) is 0 Å². The Morgan fingerprint density at radius 2 is 0.750 bits per heavy atom. The van der Waals surface area contributed by atoms with E-state index in [-0.39, 0.29) is 47.4 Å². The fraction of sp³-hybridized carbons (Fsp3) is 0. The molecule has 1 N–H and O–H groups in total. The monoisotopic (exact) mass is 150 g/mol. The summed E-state index contributed by atoms with van der Waals surface area (Å²) in [6.45, 7) is 0. The number of halogens is 2. The van der Waals surface area contributed by atoms with Crippen molar-refractivity contribution in [1.29, 1.82) is 0 Å². The van der Waals surface area contributed by atoms with E-state index in [1.807, 2.05) is 0 Å². The summed E-state index contributed by atoms with van der Waals surface area (Å²) < 4.78 is 0. The Hall–Kier alpha value is 1.06. The molecule has 0 rings (SSSR count). The van der Waals surface area contributed by atoms with Crippen LogP contribution in [0.15, 0.2) is 0 Å². The first-order chi connectivity index (χ1) is 0. The van der Waals surface area contributed by atoms with Crippen LogP contribution in [0.3, 0.4) is 0 Å². The first kappa shape index (κ1) is 74.3. The summed E-state index contributed by atoms with van der Waals surface area (Å²) in [7, 11) is 0. The molecule has 0 saturated carbocycles. The molecular weight excluding hydrogens is 150 g/mol. The second-order valence-electron chi connectivity index (χ2n) is 0. The summed E-state index contributed by atoms with van der Waals surface area (Å²) >= 11 is 0. The molecule has 0 aromatic heterocycles. The molecule has 0 aliphatic carbocycles. The van der Waals surface area contributed by atoms with Gasteiger partial charge in [0, 0.05) is 0 Å². The quantitative estimate of drug-likeness (QED) is 0.317. The molecule has 0 bridgehead atoms. The van der Waals surface area contributed by atoms with E-state index in [2.05, 4.69) is 0 Å². The zero-order chi connectivity index (χ0) is 0. The summed E-state index contributed by atoms with van der Waals surface area (Å²) in [5.41, 5.74) is 0. The molecular formula is HCl2CuO-. The summed E-state index contributed by atoms with van der Waals surface area (Å²) in [5.74, 6) is 0. The molecule has 1 radical (unpaired) electrons. The van der Waals surface area contributed by atoms with Crippen molar-refractivity contribution in [2.75, 3.05) is 0 Å². The van der Waals surface area contributed by atoms with Crippen LogP contribution in [0.2, 0.25) is 0 Å². The third-order valence-electron chi connectivity index (χ3n) is 0. The predicted octanol–water partition coefficient (Wildman–Crippen LogP) is -6.17. The van der Waals surface area contributed by atoms with Crippen molar-refractivity contribution in [3.8, 4) is 0 Å². The van der Waals surface area contributed by atoms with Crippen LogP contribution in [-0.4, -0.2) is 5.48 Å². The van der Waals surface area contributed by atoms with E-state index in [9.17, 15) is 0 Å². The zero-order valence-corrected chi connectivity index (χ0v) is 3.96.